The number of aromatic nitrogens is 2. The lowest BCUT2D eigenvalue weighted by Crippen LogP contribution is -2.37. The van der Waals surface area contributed by atoms with E-state index in [9.17, 15) is 9.59 Å². The average molecular weight is 314 g/mol. The minimum absolute atomic E-state index is 0.0253. The van der Waals surface area contributed by atoms with Gasteiger partial charge in [0.2, 0.25) is 5.91 Å². The molecule has 2 amide bonds. The van der Waals surface area contributed by atoms with Crippen molar-refractivity contribution >= 4 is 11.8 Å². The van der Waals surface area contributed by atoms with Gasteiger partial charge in [-0.3, -0.25) is 14.3 Å². The number of amides is 2. The standard InChI is InChI=1S/C17H22N4O2/c1-12-5-6-15(7-13(12)2)17(23)18-9-16(22)20(3)10-14-8-19-21(4)11-14/h5-8,11H,9-10H2,1-4H3,(H,18,23). The molecule has 122 valence electrons. The third kappa shape index (κ3) is 4.42. The fourth-order valence-electron chi connectivity index (χ4n) is 2.19. The lowest BCUT2D eigenvalue weighted by atomic mass is 10.1. The monoisotopic (exact) mass is 314 g/mol. The zero-order valence-corrected chi connectivity index (χ0v) is 14.0. The van der Waals surface area contributed by atoms with Crippen LogP contribution in [0.5, 0.6) is 0 Å². The highest BCUT2D eigenvalue weighted by Gasteiger charge is 2.13. The summed E-state index contributed by atoms with van der Waals surface area (Å²) < 4.78 is 1.69. The molecule has 1 N–H and O–H groups in total. The number of aryl methyl sites for hydroxylation is 3. The Kier molecular flexibility index (Phi) is 5.16. The number of carbonyl (C=O) groups is 2. The Hall–Kier alpha value is -2.63. The van der Waals surface area contributed by atoms with Crippen LogP contribution in [-0.4, -0.2) is 40.1 Å². The SMILES string of the molecule is Cc1ccc(C(=O)NCC(=O)N(C)Cc2cnn(C)c2)cc1C. The Bertz CT molecular complexity index is 721. The van der Waals surface area contributed by atoms with Crippen molar-refractivity contribution < 1.29 is 9.59 Å². The van der Waals surface area contributed by atoms with Gasteiger partial charge in [0.05, 0.1) is 12.7 Å². The van der Waals surface area contributed by atoms with Gasteiger partial charge in [-0.2, -0.15) is 5.10 Å². The van der Waals surface area contributed by atoms with E-state index in [2.05, 4.69) is 10.4 Å². The topological polar surface area (TPSA) is 67.2 Å². The second-order valence-electron chi connectivity index (χ2n) is 5.75. The minimum Gasteiger partial charge on any atom is -0.343 e. The second-order valence-corrected chi connectivity index (χ2v) is 5.75. The number of hydrogen-bond acceptors (Lipinski definition) is 3. The van der Waals surface area contributed by atoms with Crippen LogP contribution in [0.3, 0.4) is 0 Å². The van der Waals surface area contributed by atoms with Crippen molar-refractivity contribution in [2.45, 2.75) is 20.4 Å². The van der Waals surface area contributed by atoms with Crippen LogP contribution < -0.4 is 5.32 Å². The summed E-state index contributed by atoms with van der Waals surface area (Å²) in [5.74, 6) is -0.387. The molecule has 0 aliphatic rings. The molecule has 2 aromatic rings. The molecule has 2 rings (SSSR count). The molecule has 6 nitrogen and oxygen atoms in total. The van der Waals surface area contributed by atoms with Crippen LogP contribution in [0.4, 0.5) is 0 Å². The average Bonchev–Trinajstić information content (AvgIpc) is 2.92. The van der Waals surface area contributed by atoms with Gasteiger partial charge >= 0.3 is 0 Å². The summed E-state index contributed by atoms with van der Waals surface area (Å²) >= 11 is 0. The van der Waals surface area contributed by atoms with Crippen molar-refractivity contribution in [3.8, 4) is 0 Å². The summed E-state index contributed by atoms with van der Waals surface area (Å²) in [6.07, 6.45) is 3.58. The van der Waals surface area contributed by atoms with Crippen molar-refractivity contribution in [2.75, 3.05) is 13.6 Å². The van der Waals surface area contributed by atoms with E-state index in [1.807, 2.05) is 39.2 Å². The van der Waals surface area contributed by atoms with Crippen LogP contribution in [0.25, 0.3) is 0 Å². The third-order valence-electron chi connectivity index (χ3n) is 3.77. The molecule has 6 heteroatoms. The molecule has 0 unspecified atom stereocenters. The highest BCUT2D eigenvalue weighted by atomic mass is 16.2. The van der Waals surface area contributed by atoms with Crippen LogP contribution >= 0.6 is 0 Å². The Morgan fingerprint density at radius 1 is 1.26 bits per heavy atom. The van der Waals surface area contributed by atoms with Crippen LogP contribution in [0.2, 0.25) is 0 Å². The zero-order chi connectivity index (χ0) is 17.0. The van der Waals surface area contributed by atoms with Crippen LogP contribution in [-0.2, 0) is 18.4 Å². The van der Waals surface area contributed by atoms with Crippen molar-refractivity contribution in [1.82, 2.24) is 20.0 Å². The third-order valence-corrected chi connectivity index (χ3v) is 3.77. The number of carbonyl (C=O) groups excluding carboxylic acids is 2. The second kappa shape index (κ2) is 7.09. The molecule has 0 bridgehead atoms. The molecule has 1 heterocycles. The van der Waals surface area contributed by atoms with Crippen LogP contribution in [0, 0.1) is 13.8 Å². The first-order chi connectivity index (χ1) is 10.9. The molecule has 0 aliphatic carbocycles. The summed E-state index contributed by atoms with van der Waals surface area (Å²) in [4.78, 5) is 25.8. The largest absolute Gasteiger partial charge is 0.343 e. The molecule has 0 saturated carbocycles. The maximum Gasteiger partial charge on any atom is 0.251 e. The van der Waals surface area contributed by atoms with Gasteiger partial charge in [-0.1, -0.05) is 6.07 Å². The summed E-state index contributed by atoms with van der Waals surface area (Å²) in [6, 6.07) is 5.50. The van der Waals surface area contributed by atoms with E-state index in [0.29, 0.717) is 12.1 Å². The first-order valence-corrected chi connectivity index (χ1v) is 7.43. The highest BCUT2D eigenvalue weighted by molar-refractivity contribution is 5.96. The summed E-state index contributed by atoms with van der Waals surface area (Å²) in [6.45, 7) is 4.39. The van der Waals surface area contributed by atoms with E-state index in [-0.39, 0.29) is 18.4 Å². The number of nitrogens with one attached hydrogen (secondary N) is 1. The number of likely N-dealkylation sites (N-methyl/N-ethyl adjacent to an activating group) is 1. The lowest BCUT2D eigenvalue weighted by molar-refractivity contribution is -0.129. The van der Waals surface area contributed by atoms with Gasteiger partial charge in [0, 0.05) is 38.0 Å². The van der Waals surface area contributed by atoms with Crippen molar-refractivity contribution in [3.05, 3.63) is 52.8 Å². The normalized spacial score (nSPS) is 10.4. The van der Waals surface area contributed by atoms with E-state index < -0.39 is 0 Å². The lowest BCUT2D eigenvalue weighted by Gasteiger charge is -2.16. The fraction of sp³-hybridized carbons (Fsp3) is 0.353. The molecule has 1 aromatic heterocycles. The number of rotatable bonds is 5. The Balaban J connectivity index is 1.87. The molecule has 1 aromatic carbocycles. The number of nitrogens with zero attached hydrogens (tertiary/aromatic N) is 3. The van der Waals surface area contributed by atoms with Gasteiger partial charge in [0.1, 0.15) is 0 Å². The van der Waals surface area contributed by atoms with E-state index in [4.69, 9.17) is 0 Å². The van der Waals surface area contributed by atoms with E-state index in [1.54, 1.807) is 28.9 Å². The fourth-order valence-corrected chi connectivity index (χ4v) is 2.19. The van der Waals surface area contributed by atoms with Gasteiger partial charge < -0.3 is 10.2 Å². The summed E-state index contributed by atoms with van der Waals surface area (Å²) in [5, 5.41) is 6.73. The highest BCUT2D eigenvalue weighted by Crippen LogP contribution is 2.09. The van der Waals surface area contributed by atoms with Crippen molar-refractivity contribution in [2.24, 2.45) is 7.05 Å². The van der Waals surface area contributed by atoms with E-state index >= 15 is 0 Å². The van der Waals surface area contributed by atoms with Gasteiger partial charge in [0.25, 0.3) is 5.91 Å². The molecular formula is C17H22N4O2. The number of benzene rings is 1. The molecule has 0 radical (unpaired) electrons. The van der Waals surface area contributed by atoms with E-state index in [0.717, 1.165) is 16.7 Å². The predicted molar refractivity (Wildman–Crippen MR) is 87.9 cm³/mol. The first-order valence-electron chi connectivity index (χ1n) is 7.43. The molecule has 0 spiro atoms. The van der Waals surface area contributed by atoms with Crippen LogP contribution in [0.1, 0.15) is 27.0 Å². The number of hydrogen-bond donors (Lipinski definition) is 1. The van der Waals surface area contributed by atoms with Gasteiger partial charge in [0.15, 0.2) is 0 Å². The van der Waals surface area contributed by atoms with E-state index in [1.165, 1.54) is 0 Å². The van der Waals surface area contributed by atoms with Crippen LogP contribution in [0.15, 0.2) is 30.6 Å². The minimum atomic E-state index is -0.240. The molecule has 0 atom stereocenters. The Morgan fingerprint density at radius 3 is 2.61 bits per heavy atom. The molecule has 23 heavy (non-hydrogen) atoms. The Labute approximate surface area is 136 Å². The molecule has 0 saturated heterocycles. The molecule has 0 aliphatic heterocycles. The predicted octanol–water partition coefficient (Wildman–Crippen LogP) is 1.43. The van der Waals surface area contributed by atoms with Gasteiger partial charge in [-0.05, 0) is 37.1 Å². The maximum atomic E-state index is 12.1. The summed E-state index contributed by atoms with van der Waals surface area (Å²) in [7, 11) is 3.53. The summed E-state index contributed by atoms with van der Waals surface area (Å²) in [5.41, 5.74) is 3.70. The smallest absolute Gasteiger partial charge is 0.251 e. The Morgan fingerprint density at radius 2 is 2.00 bits per heavy atom. The van der Waals surface area contributed by atoms with Gasteiger partial charge in [-0.15, -0.1) is 0 Å². The molecular weight excluding hydrogens is 292 g/mol. The zero-order valence-electron chi connectivity index (χ0n) is 14.0. The first kappa shape index (κ1) is 16.7. The van der Waals surface area contributed by atoms with Crippen molar-refractivity contribution in [1.29, 1.82) is 0 Å². The van der Waals surface area contributed by atoms with Crippen molar-refractivity contribution in [3.63, 3.8) is 0 Å². The molecule has 0 fully saturated rings. The maximum absolute atomic E-state index is 12.1. The van der Waals surface area contributed by atoms with Gasteiger partial charge in [-0.25, -0.2) is 0 Å². The quantitative estimate of drug-likeness (QED) is 0.908.